The van der Waals surface area contributed by atoms with E-state index in [2.05, 4.69) is 11.4 Å². The number of nitrogens with zero attached hydrogens (tertiary/aromatic N) is 1. The van der Waals surface area contributed by atoms with Crippen molar-refractivity contribution in [2.24, 2.45) is 5.41 Å². The number of rotatable bonds is 6. The highest BCUT2D eigenvalue weighted by atomic mass is 19.1. The maximum atomic E-state index is 13.4. The van der Waals surface area contributed by atoms with E-state index in [1.807, 2.05) is 13.1 Å². The summed E-state index contributed by atoms with van der Waals surface area (Å²) in [6.45, 7) is 1.11. The van der Waals surface area contributed by atoms with Crippen LogP contribution >= 0.6 is 0 Å². The Morgan fingerprint density at radius 2 is 2.22 bits per heavy atom. The lowest BCUT2D eigenvalue weighted by Crippen LogP contribution is -2.13. The van der Waals surface area contributed by atoms with Gasteiger partial charge in [0.2, 0.25) is 0 Å². The Morgan fingerprint density at radius 3 is 2.83 bits per heavy atom. The number of ether oxygens (including phenoxy) is 1. The van der Waals surface area contributed by atoms with E-state index in [0.29, 0.717) is 25.3 Å². The summed E-state index contributed by atoms with van der Waals surface area (Å²) < 4.78 is 19.0. The number of nitriles is 1. The van der Waals surface area contributed by atoms with Crippen molar-refractivity contribution in [2.75, 3.05) is 13.7 Å². The van der Waals surface area contributed by atoms with Gasteiger partial charge in [0, 0.05) is 24.4 Å². The van der Waals surface area contributed by atoms with E-state index in [1.54, 1.807) is 0 Å². The summed E-state index contributed by atoms with van der Waals surface area (Å²) in [5.41, 5.74) is 0.877. The molecule has 96 valence electrons. The SMILES string of the molecule is CNCc1cc(F)cc(OCC2(CC#N)CC2)c1. The number of nitrogens with one attached hydrogen (secondary N) is 1. The summed E-state index contributed by atoms with van der Waals surface area (Å²) in [4.78, 5) is 0. The minimum atomic E-state index is -0.289. The zero-order valence-electron chi connectivity index (χ0n) is 10.5. The molecule has 1 aliphatic carbocycles. The molecule has 0 aliphatic heterocycles. The van der Waals surface area contributed by atoms with Gasteiger partial charge in [-0.05, 0) is 37.6 Å². The second-order valence-corrected chi connectivity index (χ2v) is 4.95. The van der Waals surface area contributed by atoms with Gasteiger partial charge in [0.1, 0.15) is 11.6 Å². The summed E-state index contributed by atoms with van der Waals surface area (Å²) in [6.07, 6.45) is 2.57. The fourth-order valence-corrected chi connectivity index (χ4v) is 1.96. The van der Waals surface area contributed by atoms with E-state index in [4.69, 9.17) is 10.00 Å². The van der Waals surface area contributed by atoms with Gasteiger partial charge >= 0.3 is 0 Å². The van der Waals surface area contributed by atoms with Crippen LogP contribution in [0.25, 0.3) is 0 Å². The number of benzene rings is 1. The van der Waals surface area contributed by atoms with Gasteiger partial charge in [-0.2, -0.15) is 5.26 Å². The highest BCUT2D eigenvalue weighted by Crippen LogP contribution is 2.48. The van der Waals surface area contributed by atoms with Gasteiger partial charge in [0.15, 0.2) is 0 Å². The Bertz CT molecular complexity index is 463. The molecule has 1 N–H and O–H groups in total. The van der Waals surface area contributed by atoms with Crippen LogP contribution in [0.5, 0.6) is 5.75 Å². The minimum absolute atomic E-state index is 0.0181. The zero-order chi connectivity index (χ0) is 13.0. The Balaban J connectivity index is 1.99. The molecule has 0 spiro atoms. The fraction of sp³-hybridized carbons (Fsp3) is 0.500. The first-order chi connectivity index (χ1) is 8.67. The van der Waals surface area contributed by atoms with Crippen LogP contribution in [0.2, 0.25) is 0 Å². The predicted molar refractivity (Wildman–Crippen MR) is 66.6 cm³/mol. The molecule has 3 nitrogen and oxygen atoms in total. The third-order valence-electron chi connectivity index (χ3n) is 3.27. The normalized spacial score (nSPS) is 16.1. The summed E-state index contributed by atoms with van der Waals surface area (Å²) in [5.74, 6) is 0.257. The summed E-state index contributed by atoms with van der Waals surface area (Å²) >= 11 is 0. The molecule has 0 heterocycles. The fourth-order valence-electron chi connectivity index (χ4n) is 1.96. The number of halogens is 1. The Kier molecular flexibility index (Phi) is 3.83. The molecule has 1 aromatic rings. The Labute approximate surface area is 107 Å². The van der Waals surface area contributed by atoms with E-state index < -0.39 is 0 Å². The summed E-state index contributed by atoms with van der Waals surface area (Å²) in [6, 6.07) is 6.90. The van der Waals surface area contributed by atoms with Gasteiger partial charge in [-0.15, -0.1) is 0 Å². The molecule has 4 heteroatoms. The topological polar surface area (TPSA) is 45.0 Å². The van der Waals surface area contributed by atoms with E-state index in [1.165, 1.54) is 12.1 Å². The zero-order valence-corrected chi connectivity index (χ0v) is 10.5. The molecule has 0 radical (unpaired) electrons. The summed E-state index contributed by atoms with van der Waals surface area (Å²) in [5, 5.41) is 11.7. The molecule has 1 aromatic carbocycles. The lowest BCUT2D eigenvalue weighted by Gasteiger charge is -2.13. The van der Waals surface area contributed by atoms with Crippen molar-refractivity contribution in [1.29, 1.82) is 5.26 Å². The first kappa shape index (κ1) is 12.8. The molecular weight excluding hydrogens is 231 g/mol. The van der Waals surface area contributed by atoms with Crippen molar-refractivity contribution in [3.05, 3.63) is 29.6 Å². The third kappa shape index (κ3) is 3.21. The molecular formula is C14H17FN2O. The van der Waals surface area contributed by atoms with E-state index >= 15 is 0 Å². The second kappa shape index (κ2) is 5.36. The lowest BCUT2D eigenvalue weighted by atomic mass is 10.1. The Morgan fingerprint density at radius 1 is 1.44 bits per heavy atom. The Hall–Kier alpha value is -1.60. The maximum Gasteiger partial charge on any atom is 0.127 e. The summed E-state index contributed by atoms with van der Waals surface area (Å²) in [7, 11) is 1.82. The molecule has 1 saturated carbocycles. The van der Waals surface area contributed by atoms with Crippen LogP contribution in [0.3, 0.4) is 0 Å². The van der Waals surface area contributed by atoms with Crippen molar-refractivity contribution in [2.45, 2.75) is 25.8 Å². The standard InChI is InChI=1S/C14H17FN2O/c1-17-9-11-6-12(15)8-13(7-11)18-10-14(2-3-14)4-5-16/h6-8,17H,2-4,9-10H2,1H3. The molecule has 0 aromatic heterocycles. The van der Waals surface area contributed by atoms with Gasteiger partial charge in [0.25, 0.3) is 0 Å². The quantitative estimate of drug-likeness (QED) is 0.841. The molecule has 0 saturated heterocycles. The second-order valence-electron chi connectivity index (χ2n) is 4.95. The predicted octanol–water partition coefficient (Wildman–Crippen LogP) is 2.62. The van der Waals surface area contributed by atoms with Crippen LogP contribution in [-0.4, -0.2) is 13.7 Å². The van der Waals surface area contributed by atoms with Gasteiger partial charge in [-0.1, -0.05) is 0 Å². The van der Waals surface area contributed by atoms with Crippen molar-refractivity contribution < 1.29 is 9.13 Å². The van der Waals surface area contributed by atoms with Crippen molar-refractivity contribution in [3.63, 3.8) is 0 Å². The molecule has 1 fully saturated rings. The van der Waals surface area contributed by atoms with Crippen molar-refractivity contribution in [3.8, 4) is 11.8 Å². The first-order valence-electron chi connectivity index (χ1n) is 6.11. The van der Waals surface area contributed by atoms with E-state index in [-0.39, 0.29) is 11.2 Å². The number of hydrogen-bond donors (Lipinski definition) is 1. The average Bonchev–Trinajstić information content (AvgIpc) is 3.07. The maximum absolute atomic E-state index is 13.4. The van der Waals surface area contributed by atoms with Gasteiger partial charge in [-0.25, -0.2) is 4.39 Å². The molecule has 0 atom stereocenters. The molecule has 18 heavy (non-hydrogen) atoms. The van der Waals surface area contributed by atoms with Gasteiger partial charge in [-0.3, -0.25) is 0 Å². The van der Waals surface area contributed by atoms with E-state index in [0.717, 1.165) is 18.4 Å². The highest BCUT2D eigenvalue weighted by Gasteiger charge is 2.43. The lowest BCUT2D eigenvalue weighted by molar-refractivity contribution is 0.236. The molecule has 0 bridgehead atoms. The minimum Gasteiger partial charge on any atom is -0.493 e. The van der Waals surface area contributed by atoms with Crippen molar-refractivity contribution in [1.82, 2.24) is 5.32 Å². The highest BCUT2D eigenvalue weighted by molar-refractivity contribution is 5.29. The molecule has 2 rings (SSSR count). The van der Waals surface area contributed by atoms with E-state index in [9.17, 15) is 4.39 Å². The van der Waals surface area contributed by atoms with Crippen LogP contribution < -0.4 is 10.1 Å². The van der Waals surface area contributed by atoms with Crippen LogP contribution in [0.1, 0.15) is 24.8 Å². The van der Waals surface area contributed by atoms with Gasteiger partial charge in [0.05, 0.1) is 12.7 Å². The smallest absolute Gasteiger partial charge is 0.127 e. The van der Waals surface area contributed by atoms with Gasteiger partial charge < -0.3 is 10.1 Å². The molecule has 0 unspecified atom stereocenters. The first-order valence-corrected chi connectivity index (χ1v) is 6.11. The largest absolute Gasteiger partial charge is 0.493 e. The van der Waals surface area contributed by atoms with Crippen LogP contribution in [0.4, 0.5) is 4.39 Å². The van der Waals surface area contributed by atoms with Crippen LogP contribution in [-0.2, 0) is 6.54 Å². The monoisotopic (exact) mass is 248 g/mol. The third-order valence-corrected chi connectivity index (χ3v) is 3.27. The number of hydrogen-bond acceptors (Lipinski definition) is 3. The van der Waals surface area contributed by atoms with Crippen LogP contribution in [0, 0.1) is 22.6 Å². The van der Waals surface area contributed by atoms with Crippen LogP contribution in [0.15, 0.2) is 18.2 Å². The molecule has 1 aliphatic rings. The average molecular weight is 248 g/mol. The van der Waals surface area contributed by atoms with Crippen molar-refractivity contribution >= 4 is 0 Å². The molecule has 0 amide bonds.